The van der Waals surface area contributed by atoms with Crippen LogP contribution in [0.2, 0.25) is 0 Å². The average molecular weight is 495 g/mol. The lowest BCUT2D eigenvalue weighted by Gasteiger charge is -2.25. The number of carbonyl (C=O) groups is 3. The molecule has 8 heteroatoms. The van der Waals surface area contributed by atoms with Gasteiger partial charge in [-0.1, -0.05) is 60.7 Å². The normalized spacial score (nSPS) is 19.3. The van der Waals surface area contributed by atoms with Crippen LogP contribution in [0.4, 0.5) is 4.79 Å². The number of alkyl carbamates (subject to hydrolysis) is 1. The van der Waals surface area contributed by atoms with Gasteiger partial charge in [0.1, 0.15) is 12.6 Å². The van der Waals surface area contributed by atoms with Gasteiger partial charge in [0.2, 0.25) is 5.91 Å². The second-order valence-electron chi connectivity index (χ2n) is 8.85. The molecule has 0 saturated heterocycles. The van der Waals surface area contributed by atoms with Gasteiger partial charge in [-0.3, -0.25) is 9.59 Å². The first-order valence-electron chi connectivity index (χ1n) is 11.8. The van der Waals surface area contributed by atoms with Crippen LogP contribution in [-0.4, -0.2) is 53.8 Å². The first-order valence-corrected chi connectivity index (χ1v) is 13.2. The molecule has 2 aromatic carbocycles. The first kappa shape index (κ1) is 24.9. The van der Waals surface area contributed by atoms with Crippen molar-refractivity contribution in [2.24, 2.45) is 5.92 Å². The molecule has 0 aromatic heterocycles. The maximum absolute atomic E-state index is 12.9. The Kier molecular flexibility index (Phi) is 8.13. The second kappa shape index (κ2) is 11.4. The molecule has 0 radical (unpaired) electrons. The number of fused-ring (bicyclic) bond motifs is 3. The number of hydrogen-bond donors (Lipinski definition) is 3. The highest BCUT2D eigenvalue weighted by atomic mass is 32.2. The van der Waals surface area contributed by atoms with Gasteiger partial charge in [-0.2, -0.15) is 11.8 Å². The molecule has 0 heterocycles. The molecular formula is C27H30N2O5S. The molecule has 7 nitrogen and oxygen atoms in total. The van der Waals surface area contributed by atoms with Gasteiger partial charge >= 0.3 is 12.1 Å². The average Bonchev–Trinajstić information content (AvgIpc) is 3.19. The molecule has 0 saturated carbocycles. The first-order chi connectivity index (χ1) is 17.0. The number of thioether (sulfide) groups is 1. The number of aliphatic carboxylic acids is 1. The van der Waals surface area contributed by atoms with Crippen molar-refractivity contribution < 1.29 is 24.2 Å². The fourth-order valence-electron chi connectivity index (χ4n) is 4.77. The number of rotatable bonds is 9. The van der Waals surface area contributed by atoms with Crippen LogP contribution >= 0.6 is 11.8 Å². The summed E-state index contributed by atoms with van der Waals surface area (Å²) in [6.07, 6.45) is 6.11. The second-order valence-corrected chi connectivity index (χ2v) is 9.84. The fourth-order valence-corrected chi connectivity index (χ4v) is 5.24. The minimum atomic E-state index is -0.871. The van der Waals surface area contributed by atoms with Crippen LogP contribution in [0.5, 0.6) is 0 Å². The molecule has 0 aliphatic heterocycles. The van der Waals surface area contributed by atoms with Crippen LogP contribution in [0.1, 0.15) is 36.3 Å². The summed E-state index contributed by atoms with van der Waals surface area (Å²) < 4.78 is 5.61. The van der Waals surface area contributed by atoms with Crippen LogP contribution < -0.4 is 10.6 Å². The molecule has 0 bridgehead atoms. The summed E-state index contributed by atoms with van der Waals surface area (Å²) >= 11 is 1.58. The summed E-state index contributed by atoms with van der Waals surface area (Å²) in [5.74, 6) is -1.12. The van der Waals surface area contributed by atoms with Gasteiger partial charge in [-0.25, -0.2) is 4.79 Å². The Balaban J connectivity index is 1.37. The van der Waals surface area contributed by atoms with E-state index in [2.05, 4.69) is 34.9 Å². The van der Waals surface area contributed by atoms with Crippen molar-refractivity contribution in [2.75, 3.05) is 18.6 Å². The minimum absolute atomic E-state index is 0.0630. The SMILES string of the molecule is CSCCC(NC(=O)OCC1c2ccccc2-c2ccccc21)C(=O)NC1C=CCC(C(=O)O)C1. The maximum atomic E-state index is 12.9. The Bertz CT molecular complexity index is 1070. The predicted molar refractivity (Wildman–Crippen MR) is 136 cm³/mol. The Labute approximate surface area is 209 Å². The monoisotopic (exact) mass is 494 g/mol. The van der Waals surface area contributed by atoms with E-state index in [-0.39, 0.29) is 24.5 Å². The molecule has 3 atom stereocenters. The van der Waals surface area contributed by atoms with Crippen molar-refractivity contribution in [1.82, 2.24) is 10.6 Å². The Hall–Kier alpha value is -3.26. The third-order valence-corrected chi connectivity index (χ3v) is 7.21. The standard InChI is InChI=1S/C27H30N2O5S/c1-35-14-13-24(25(30)28-18-8-6-7-17(15-18)26(31)32)29-27(33)34-16-23-21-11-4-2-9-19(21)20-10-3-5-12-22(20)23/h2-6,8-12,17-18,23-24H,7,13-16H2,1H3,(H,28,30)(H,29,33)(H,31,32). The third kappa shape index (κ3) is 5.88. The van der Waals surface area contributed by atoms with Crippen LogP contribution in [0.15, 0.2) is 60.7 Å². The van der Waals surface area contributed by atoms with Crippen molar-refractivity contribution >= 4 is 29.7 Å². The molecular weight excluding hydrogens is 464 g/mol. The molecule has 2 aliphatic rings. The number of benzene rings is 2. The third-order valence-electron chi connectivity index (χ3n) is 6.57. The van der Waals surface area contributed by atoms with Gasteiger partial charge in [0.05, 0.1) is 5.92 Å². The summed E-state index contributed by atoms with van der Waals surface area (Å²) in [5, 5.41) is 14.9. The summed E-state index contributed by atoms with van der Waals surface area (Å²) in [6, 6.07) is 15.1. The zero-order valence-electron chi connectivity index (χ0n) is 19.6. The fraction of sp³-hybridized carbons (Fsp3) is 0.370. The molecule has 3 unspecified atom stereocenters. The van der Waals surface area contributed by atoms with Crippen molar-refractivity contribution in [3.05, 3.63) is 71.8 Å². The Morgan fingerprint density at radius 3 is 2.37 bits per heavy atom. The summed E-state index contributed by atoms with van der Waals surface area (Å²) in [5.41, 5.74) is 4.54. The van der Waals surface area contributed by atoms with Crippen LogP contribution in [-0.2, 0) is 14.3 Å². The van der Waals surface area contributed by atoms with Crippen molar-refractivity contribution in [1.29, 1.82) is 0 Å². The van der Waals surface area contributed by atoms with Crippen LogP contribution in [0.3, 0.4) is 0 Å². The molecule has 3 N–H and O–H groups in total. The van der Waals surface area contributed by atoms with Gasteiger partial charge < -0.3 is 20.5 Å². The van der Waals surface area contributed by atoms with Crippen molar-refractivity contribution in [3.8, 4) is 11.1 Å². The van der Waals surface area contributed by atoms with E-state index in [4.69, 9.17) is 4.74 Å². The summed E-state index contributed by atoms with van der Waals surface area (Å²) in [7, 11) is 0. The van der Waals surface area contributed by atoms with Gasteiger partial charge in [-0.05, 0) is 53.5 Å². The number of hydrogen-bond acceptors (Lipinski definition) is 5. The van der Waals surface area contributed by atoms with E-state index in [1.54, 1.807) is 17.8 Å². The minimum Gasteiger partial charge on any atom is -0.481 e. The van der Waals surface area contributed by atoms with E-state index >= 15 is 0 Å². The van der Waals surface area contributed by atoms with E-state index < -0.39 is 24.0 Å². The summed E-state index contributed by atoms with van der Waals surface area (Å²) in [6.45, 7) is 0.169. The number of carboxylic acid groups (broad SMARTS) is 1. The highest BCUT2D eigenvalue weighted by Crippen LogP contribution is 2.44. The Morgan fingerprint density at radius 2 is 1.74 bits per heavy atom. The number of carboxylic acids is 1. The number of amides is 2. The van der Waals surface area contributed by atoms with Crippen LogP contribution in [0.25, 0.3) is 11.1 Å². The Morgan fingerprint density at radius 1 is 1.09 bits per heavy atom. The molecule has 35 heavy (non-hydrogen) atoms. The van der Waals surface area contributed by atoms with E-state index in [0.717, 1.165) is 22.3 Å². The zero-order chi connectivity index (χ0) is 24.8. The lowest BCUT2D eigenvalue weighted by molar-refractivity contribution is -0.142. The van der Waals surface area contributed by atoms with Crippen LogP contribution in [0, 0.1) is 5.92 Å². The number of carbonyl (C=O) groups excluding carboxylic acids is 2. The summed E-state index contributed by atoms with van der Waals surface area (Å²) in [4.78, 5) is 37.0. The van der Waals surface area contributed by atoms with E-state index in [0.29, 0.717) is 25.0 Å². The van der Waals surface area contributed by atoms with Crippen molar-refractivity contribution in [3.63, 3.8) is 0 Å². The lowest BCUT2D eigenvalue weighted by atomic mass is 9.91. The smallest absolute Gasteiger partial charge is 0.407 e. The molecule has 184 valence electrons. The highest BCUT2D eigenvalue weighted by Gasteiger charge is 2.31. The molecule has 0 spiro atoms. The molecule has 0 fully saturated rings. The van der Waals surface area contributed by atoms with Crippen molar-refractivity contribution in [2.45, 2.75) is 37.3 Å². The van der Waals surface area contributed by atoms with Gasteiger partial charge in [0.15, 0.2) is 0 Å². The maximum Gasteiger partial charge on any atom is 0.407 e. The molecule has 2 aromatic rings. The number of nitrogens with one attached hydrogen (secondary N) is 2. The molecule has 4 rings (SSSR count). The van der Waals surface area contributed by atoms with E-state index in [1.807, 2.05) is 36.6 Å². The van der Waals surface area contributed by atoms with Gasteiger partial charge in [0.25, 0.3) is 0 Å². The topological polar surface area (TPSA) is 105 Å². The highest BCUT2D eigenvalue weighted by molar-refractivity contribution is 7.98. The lowest BCUT2D eigenvalue weighted by Crippen LogP contribution is -2.50. The van der Waals surface area contributed by atoms with E-state index in [1.165, 1.54) is 0 Å². The quantitative estimate of drug-likeness (QED) is 0.452. The largest absolute Gasteiger partial charge is 0.481 e. The zero-order valence-corrected chi connectivity index (χ0v) is 20.4. The van der Waals surface area contributed by atoms with E-state index in [9.17, 15) is 19.5 Å². The molecule has 2 aliphatic carbocycles. The number of ether oxygens (including phenoxy) is 1. The predicted octanol–water partition coefficient (Wildman–Crippen LogP) is 4.18. The molecule has 2 amide bonds. The van der Waals surface area contributed by atoms with Gasteiger partial charge in [0, 0.05) is 12.0 Å². The van der Waals surface area contributed by atoms with Gasteiger partial charge in [-0.15, -0.1) is 0 Å². The number of allylic oxidation sites excluding steroid dienone is 1.